The van der Waals surface area contributed by atoms with Crippen LogP contribution in [-0.2, 0) is 0 Å². The lowest BCUT2D eigenvalue weighted by Gasteiger charge is -2.07. The fourth-order valence-electron chi connectivity index (χ4n) is 1.80. The molecule has 3 aromatic rings. The quantitative estimate of drug-likeness (QED) is 0.786. The summed E-state index contributed by atoms with van der Waals surface area (Å²) in [5, 5.41) is 14.4. The Balaban J connectivity index is 1.82. The van der Waals surface area contributed by atoms with Crippen LogP contribution in [0.2, 0.25) is 5.02 Å². The van der Waals surface area contributed by atoms with Gasteiger partial charge in [0.25, 0.3) is 11.8 Å². The highest BCUT2D eigenvalue weighted by Gasteiger charge is 2.16. The van der Waals surface area contributed by atoms with Gasteiger partial charge in [0.1, 0.15) is 5.75 Å². The van der Waals surface area contributed by atoms with Crippen LogP contribution in [0.3, 0.4) is 0 Å². The third-order valence-electron chi connectivity index (χ3n) is 2.82. The van der Waals surface area contributed by atoms with Crippen LogP contribution in [0.4, 0.5) is 6.01 Å². The highest BCUT2D eigenvalue weighted by Crippen LogP contribution is 2.25. The number of halogens is 1. The first-order chi connectivity index (χ1) is 10.7. The van der Waals surface area contributed by atoms with E-state index in [-0.39, 0.29) is 11.6 Å². The molecule has 0 saturated carbocycles. The first-order valence-corrected chi connectivity index (χ1v) is 7.50. The summed E-state index contributed by atoms with van der Waals surface area (Å²) < 4.78 is 10.5. The Morgan fingerprint density at radius 2 is 2.23 bits per heavy atom. The lowest BCUT2D eigenvalue weighted by Crippen LogP contribution is -2.13. The zero-order chi connectivity index (χ0) is 15.5. The van der Waals surface area contributed by atoms with Gasteiger partial charge in [0.15, 0.2) is 0 Å². The van der Waals surface area contributed by atoms with Crippen LogP contribution in [0.5, 0.6) is 5.75 Å². The van der Waals surface area contributed by atoms with E-state index in [9.17, 15) is 4.79 Å². The topological polar surface area (TPSA) is 77.2 Å². The number of methoxy groups -OCH3 is 1. The number of carbonyl (C=O) groups is 1. The molecule has 3 rings (SSSR count). The molecule has 0 spiro atoms. The number of aromatic nitrogens is 2. The van der Waals surface area contributed by atoms with Gasteiger partial charge in [0.2, 0.25) is 0 Å². The summed E-state index contributed by atoms with van der Waals surface area (Å²) in [5.41, 5.74) is 1.09. The normalized spacial score (nSPS) is 10.5. The number of hydrogen-bond acceptors (Lipinski definition) is 6. The van der Waals surface area contributed by atoms with Gasteiger partial charge in [-0.05, 0) is 29.6 Å². The molecule has 1 N–H and O–H groups in total. The second-order valence-corrected chi connectivity index (χ2v) is 5.44. The summed E-state index contributed by atoms with van der Waals surface area (Å²) >= 11 is 7.42. The zero-order valence-corrected chi connectivity index (χ0v) is 12.9. The fraction of sp³-hybridized carbons (Fsp3) is 0.0714. The molecule has 8 heteroatoms. The second-order valence-electron chi connectivity index (χ2n) is 4.22. The standard InChI is InChI=1S/C14H10ClN3O3S/c1-20-11-3-2-9(15)6-10(11)12(19)16-14-18-17-13(21-14)8-4-5-22-7-8/h2-7H,1H3,(H,16,18,19). The lowest BCUT2D eigenvalue weighted by atomic mass is 10.2. The largest absolute Gasteiger partial charge is 0.496 e. The number of benzene rings is 1. The Labute approximate surface area is 134 Å². The fourth-order valence-corrected chi connectivity index (χ4v) is 2.60. The monoisotopic (exact) mass is 335 g/mol. The van der Waals surface area contributed by atoms with Crippen molar-refractivity contribution in [1.82, 2.24) is 10.2 Å². The summed E-state index contributed by atoms with van der Waals surface area (Å²) in [6, 6.07) is 6.61. The van der Waals surface area contributed by atoms with Crippen LogP contribution in [0.15, 0.2) is 39.4 Å². The van der Waals surface area contributed by atoms with Gasteiger partial charge in [0.05, 0.1) is 12.7 Å². The minimum Gasteiger partial charge on any atom is -0.496 e. The predicted octanol–water partition coefficient (Wildman–Crippen LogP) is 3.71. The average molecular weight is 336 g/mol. The molecule has 6 nitrogen and oxygen atoms in total. The number of nitrogens with one attached hydrogen (secondary N) is 1. The van der Waals surface area contributed by atoms with Gasteiger partial charge in [-0.25, -0.2) is 0 Å². The molecule has 1 aromatic carbocycles. The minimum atomic E-state index is -0.445. The van der Waals surface area contributed by atoms with E-state index in [1.807, 2.05) is 16.8 Å². The van der Waals surface area contributed by atoms with Crippen molar-refractivity contribution in [2.75, 3.05) is 12.4 Å². The number of ether oxygens (including phenoxy) is 1. The van der Waals surface area contributed by atoms with Crippen LogP contribution >= 0.6 is 22.9 Å². The molecule has 2 aromatic heterocycles. The molecule has 0 aliphatic rings. The Kier molecular flexibility index (Phi) is 4.08. The molecule has 1 amide bonds. The summed E-state index contributed by atoms with van der Waals surface area (Å²) in [5.74, 6) is 0.300. The number of nitrogens with zero attached hydrogens (tertiary/aromatic N) is 2. The van der Waals surface area contributed by atoms with E-state index in [1.54, 1.807) is 12.1 Å². The maximum absolute atomic E-state index is 12.3. The summed E-state index contributed by atoms with van der Waals surface area (Å²) in [7, 11) is 1.47. The molecule has 2 heterocycles. The van der Waals surface area contributed by atoms with Crippen molar-refractivity contribution in [1.29, 1.82) is 0 Å². The van der Waals surface area contributed by atoms with E-state index in [1.165, 1.54) is 24.5 Å². The number of amides is 1. The zero-order valence-electron chi connectivity index (χ0n) is 11.4. The molecule has 0 atom stereocenters. The molecule has 0 bridgehead atoms. The highest BCUT2D eigenvalue weighted by atomic mass is 35.5. The molecular weight excluding hydrogens is 326 g/mol. The SMILES string of the molecule is COc1ccc(Cl)cc1C(=O)Nc1nnc(-c2ccsc2)o1. The predicted molar refractivity (Wildman–Crippen MR) is 83.6 cm³/mol. The highest BCUT2D eigenvalue weighted by molar-refractivity contribution is 7.08. The molecule has 0 fully saturated rings. The lowest BCUT2D eigenvalue weighted by molar-refractivity contribution is 0.102. The molecule has 0 unspecified atom stereocenters. The molecule has 22 heavy (non-hydrogen) atoms. The van der Waals surface area contributed by atoms with Gasteiger partial charge in [-0.1, -0.05) is 16.7 Å². The molecular formula is C14H10ClN3O3S. The van der Waals surface area contributed by atoms with Gasteiger partial charge in [-0.3, -0.25) is 10.1 Å². The second kappa shape index (κ2) is 6.17. The van der Waals surface area contributed by atoms with Gasteiger partial charge in [-0.2, -0.15) is 11.3 Å². The van der Waals surface area contributed by atoms with E-state index in [4.69, 9.17) is 20.8 Å². The van der Waals surface area contributed by atoms with Crippen LogP contribution in [0.1, 0.15) is 10.4 Å². The minimum absolute atomic E-state index is 0.00762. The van der Waals surface area contributed by atoms with Gasteiger partial charge < -0.3 is 9.15 Å². The maximum atomic E-state index is 12.3. The molecule has 112 valence electrons. The van der Waals surface area contributed by atoms with Crippen molar-refractivity contribution in [3.63, 3.8) is 0 Å². The summed E-state index contributed by atoms with van der Waals surface area (Å²) in [4.78, 5) is 12.3. The van der Waals surface area contributed by atoms with Crippen LogP contribution in [0, 0.1) is 0 Å². The number of anilines is 1. The number of carbonyl (C=O) groups excluding carboxylic acids is 1. The third-order valence-corrected chi connectivity index (χ3v) is 3.74. The summed E-state index contributed by atoms with van der Waals surface area (Å²) in [6.45, 7) is 0. The van der Waals surface area contributed by atoms with Crippen molar-refractivity contribution < 1.29 is 13.9 Å². The first kappa shape index (κ1) is 14.6. The third kappa shape index (κ3) is 2.95. The summed E-state index contributed by atoms with van der Waals surface area (Å²) in [6.07, 6.45) is 0. The molecule has 0 radical (unpaired) electrons. The van der Waals surface area contributed by atoms with E-state index in [0.717, 1.165) is 5.56 Å². The average Bonchev–Trinajstić information content (AvgIpc) is 3.17. The van der Waals surface area contributed by atoms with E-state index < -0.39 is 5.91 Å². The van der Waals surface area contributed by atoms with E-state index >= 15 is 0 Å². The number of thiophene rings is 1. The van der Waals surface area contributed by atoms with Crippen molar-refractivity contribution in [2.45, 2.75) is 0 Å². The molecule has 0 aliphatic heterocycles. The van der Waals surface area contributed by atoms with Crippen molar-refractivity contribution in [3.05, 3.63) is 45.6 Å². The molecule has 0 aliphatic carbocycles. The first-order valence-electron chi connectivity index (χ1n) is 6.18. The van der Waals surface area contributed by atoms with Crippen molar-refractivity contribution >= 4 is 34.9 Å². The van der Waals surface area contributed by atoms with Crippen LogP contribution in [-0.4, -0.2) is 23.2 Å². The van der Waals surface area contributed by atoms with Crippen LogP contribution in [0.25, 0.3) is 11.5 Å². The van der Waals surface area contributed by atoms with Crippen LogP contribution < -0.4 is 10.1 Å². The smallest absolute Gasteiger partial charge is 0.322 e. The van der Waals surface area contributed by atoms with E-state index in [2.05, 4.69) is 15.5 Å². The Morgan fingerprint density at radius 1 is 1.36 bits per heavy atom. The van der Waals surface area contributed by atoms with E-state index in [0.29, 0.717) is 16.7 Å². The Morgan fingerprint density at radius 3 is 2.95 bits per heavy atom. The van der Waals surface area contributed by atoms with Gasteiger partial charge >= 0.3 is 6.01 Å². The Bertz CT molecular complexity index is 802. The number of rotatable bonds is 4. The van der Waals surface area contributed by atoms with Gasteiger partial charge in [-0.15, -0.1) is 5.10 Å². The van der Waals surface area contributed by atoms with Crippen molar-refractivity contribution in [2.24, 2.45) is 0 Å². The number of hydrogen-bond donors (Lipinski definition) is 1. The maximum Gasteiger partial charge on any atom is 0.322 e. The van der Waals surface area contributed by atoms with Crippen molar-refractivity contribution in [3.8, 4) is 17.2 Å². The molecule has 0 saturated heterocycles. The van der Waals surface area contributed by atoms with Gasteiger partial charge in [0, 0.05) is 16.0 Å². The Hall–Kier alpha value is -2.38.